The molecule has 78 valence electrons. The summed E-state index contributed by atoms with van der Waals surface area (Å²) in [6, 6.07) is 10.1. The number of aromatic nitrogens is 1. The molecule has 1 N–H and O–H groups in total. The first kappa shape index (κ1) is 9.60. The lowest BCUT2D eigenvalue weighted by Gasteiger charge is -1.99. The summed E-state index contributed by atoms with van der Waals surface area (Å²) in [5.74, 6) is 0. The Bertz CT molecular complexity index is 580. The van der Waals surface area contributed by atoms with Crippen LogP contribution in [0.5, 0.6) is 0 Å². The first-order valence-corrected chi connectivity index (χ1v) is 5.81. The van der Waals surface area contributed by atoms with Crippen molar-refractivity contribution in [1.29, 1.82) is 0 Å². The summed E-state index contributed by atoms with van der Waals surface area (Å²) in [7, 11) is 0. The molecule has 2 heterocycles. The standard InChI is InChI=1S/C13H9BrN2/c14-10-3-4-13-12(7-10)9(8-16-13)6-11-2-1-5-15-11/h1-8,15H. The van der Waals surface area contributed by atoms with Crippen LogP contribution in [-0.2, 0) is 0 Å². The molecule has 1 aromatic carbocycles. The number of aromatic amines is 1. The van der Waals surface area contributed by atoms with Crippen LogP contribution < -0.4 is 0 Å². The molecule has 3 rings (SSSR count). The third-order valence-corrected chi connectivity index (χ3v) is 3.04. The fourth-order valence-corrected chi connectivity index (χ4v) is 2.14. The van der Waals surface area contributed by atoms with Crippen molar-refractivity contribution in [3.63, 3.8) is 0 Å². The van der Waals surface area contributed by atoms with E-state index in [1.54, 1.807) is 0 Å². The Morgan fingerprint density at radius 3 is 3.00 bits per heavy atom. The molecule has 0 spiro atoms. The molecule has 0 saturated heterocycles. The first-order chi connectivity index (χ1) is 7.83. The molecule has 0 radical (unpaired) electrons. The molecule has 1 aliphatic rings. The topological polar surface area (TPSA) is 28.1 Å². The van der Waals surface area contributed by atoms with Crippen LogP contribution in [0.1, 0.15) is 11.3 Å². The number of H-pyrrole nitrogens is 1. The summed E-state index contributed by atoms with van der Waals surface area (Å²) in [6.07, 6.45) is 5.92. The SMILES string of the molecule is Brc1ccc2c(c1)C(=Cc1ccc[nH]1)C=N2. The highest BCUT2D eigenvalue weighted by atomic mass is 79.9. The van der Waals surface area contributed by atoms with Crippen molar-refractivity contribution in [3.8, 4) is 0 Å². The van der Waals surface area contributed by atoms with E-state index < -0.39 is 0 Å². The maximum absolute atomic E-state index is 4.37. The molecule has 0 fully saturated rings. The fourth-order valence-electron chi connectivity index (χ4n) is 1.78. The Labute approximate surface area is 102 Å². The van der Waals surface area contributed by atoms with E-state index in [0.717, 1.165) is 21.4 Å². The van der Waals surface area contributed by atoms with E-state index in [1.165, 1.54) is 5.56 Å². The first-order valence-electron chi connectivity index (χ1n) is 5.02. The van der Waals surface area contributed by atoms with Gasteiger partial charge in [0.2, 0.25) is 0 Å². The maximum Gasteiger partial charge on any atom is 0.0709 e. The number of aliphatic imine (C=N–C) groups is 1. The van der Waals surface area contributed by atoms with Crippen LogP contribution in [0.4, 0.5) is 5.69 Å². The highest BCUT2D eigenvalue weighted by Gasteiger charge is 2.12. The maximum atomic E-state index is 4.37. The van der Waals surface area contributed by atoms with E-state index >= 15 is 0 Å². The molecule has 0 saturated carbocycles. The Morgan fingerprint density at radius 2 is 2.19 bits per heavy atom. The molecule has 0 amide bonds. The van der Waals surface area contributed by atoms with Gasteiger partial charge in [-0.05, 0) is 36.4 Å². The quantitative estimate of drug-likeness (QED) is 0.812. The number of rotatable bonds is 1. The predicted octanol–water partition coefficient (Wildman–Crippen LogP) is 4.03. The lowest BCUT2D eigenvalue weighted by molar-refractivity contribution is 1.38. The molecule has 2 nitrogen and oxygen atoms in total. The molecule has 2 aromatic rings. The van der Waals surface area contributed by atoms with E-state index in [0.29, 0.717) is 0 Å². The zero-order valence-electron chi connectivity index (χ0n) is 8.44. The van der Waals surface area contributed by atoms with E-state index in [-0.39, 0.29) is 0 Å². The van der Waals surface area contributed by atoms with E-state index in [4.69, 9.17) is 0 Å². The average molecular weight is 273 g/mol. The molecular weight excluding hydrogens is 264 g/mol. The highest BCUT2D eigenvalue weighted by Crippen LogP contribution is 2.34. The van der Waals surface area contributed by atoms with Crippen molar-refractivity contribution in [2.24, 2.45) is 4.99 Å². The number of nitrogens with zero attached hydrogens (tertiary/aromatic N) is 1. The van der Waals surface area contributed by atoms with Crippen molar-refractivity contribution in [2.75, 3.05) is 0 Å². The molecule has 0 bridgehead atoms. The minimum atomic E-state index is 1.03. The highest BCUT2D eigenvalue weighted by molar-refractivity contribution is 9.10. The van der Waals surface area contributed by atoms with Gasteiger partial charge in [0.25, 0.3) is 0 Å². The summed E-state index contributed by atoms with van der Waals surface area (Å²) in [4.78, 5) is 7.53. The van der Waals surface area contributed by atoms with Gasteiger partial charge in [-0.1, -0.05) is 15.9 Å². The monoisotopic (exact) mass is 272 g/mol. The van der Waals surface area contributed by atoms with E-state index in [1.807, 2.05) is 36.7 Å². The van der Waals surface area contributed by atoms with Gasteiger partial charge in [0.1, 0.15) is 0 Å². The van der Waals surface area contributed by atoms with Gasteiger partial charge in [-0.25, -0.2) is 0 Å². The van der Waals surface area contributed by atoms with Crippen LogP contribution in [0.3, 0.4) is 0 Å². The second kappa shape index (κ2) is 3.76. The molecule has 0 aliphatic carbocycles. The minimum Gasteiger partial charge on any atom is -0.362 e. The number of hydrogen-bond donors (Lipinski definition) is 1. The molecule has 0 atom stereocenters. The summed E-state index contributed by atoms with van der Waals surface area (Å²) in [5.41, 5.74) is 4.43. The summed E-state index contributed by atoms with van der Waals surface area (Å²) >= 11 is 3.48. The Kier molecular flexibility index (Phi) is 2.26. The molecule has 16 heavy (non-hydrogen) atoms. The fraction of sp³-hybridized carbons (Fsp3) is 0. The van der Waals surface area contributed by atoms with Crippen LogP contribution in [0.2, 0.25) is 0 Å². The van der Waals surface area contributed by atoms with Gasteiger partial charge in [-0.2, -0.15) is 0 Å². The zero-order valence-corrected chi connectivity index (χ0v) is 10.0. The second-order valence-electron chi connectivity index (χ2n) is 3.64. The van der Waals surface area contributed by atoms with Crippen molar-refractivity contribution < 1.29 is 0 Å². The Balaban J connectivity index is 2.09. The molecule has 3 heteroatoms. The van der Waals surface area contributed by atoms with Crippen LogP contribution >= 0.6 is 15.9 Å². The Morgan fingerprint density at radius 1 is 1.25 bits per heavy atom. The minimum absolute atomic E-state index is 1.03. The van der Waals surface area contributed by atoms with Gasteiger partial charge < -0.3 is 4.98 Å². The summed E-state index contributed by atoms with van der Waals surface area (Å²) < 4.78 is 1.08. The van der Waals surface area contributed by atoms with Crippen molar-refractivity contribution in [3.05, 3.63) is 52.3 Å². The molecular formula is C13H9BrN2. The molecule has 1 aliphatic heterocycles. The van der Waals surface area contributed by atoms with Crippen LogP contribution in [0.25, 0.3) is 11.6 Å². The normalized spacial score (nSPS) is 15.7. The number of halogens is 1. The smallest absolute Gasteiger partial charge is 0.0709 e. The lowest BCUT2D eigenvalue weighted by atomic mass is 10.1. The van der Waals surface area contributed by atoms with Gasteiger partial charge in [0.15, 0.2) is 0 Å². The average Bonchev–Trinajstić information content (AvgIpc) is 2.90. The largest absolute Gasteiger partial charge is 0.362 e. The molecule has 0 unspecified atom stereocenters. The van der Waals surface area contributed by atoms with E-state index in [9.17, 15) is 0 Å². The van der Waals surface area contributed by atoms with Crippen LogP contribution in [0, 0.1) is 0 Å². The van der Waals surface area contributed by atoms with Crippen molar-refractivity contribution in [1.82, 2.24) is 4.98 Å². The Hall–Kier alpha value is -1.61. The number of fused-ring (bicyclic) bond motifs is 1. The zero-order chi connectivity index (χ0) is 11.0. The van der Waals surface area contributed by atoms with Gasteiger partial charge >= 0.3 is 0 Å². The number of allylic oxidation sites excluding steroid dienone is 1. The third-order valence-electron chi connectivity index (χ3n) is 2.55. The lowest BCUT2D eigenvalue weighted by Crippen LogP contribution is -1.81. The number of benzene rings is 1. The summed E-state index contributed by atoms with van der Waals surface area (Å²) in [5, 5.41) is 0. The van der Waals surface area contributed by atoms with Gasteiger partial charge in [0, 0.05) is 33.7 Å². The summed E-state index contributed by atoms with van der Waals surface area (Å²) in [6.45, 7) is 0. The van der Waals surface area contributed by atoms with Crippen molar-refractivity contribution in [2.45, 2.75) is 0 Å². The van der Waals surface area contributed by atoms with Gasteiger partial charge in [0.05, 0.1) is 5.69 Å². The van der Waals surface area contributed by atoms with Crippen LogP contribution in [0.15, 0.2) is 46.0 Å². The predicted molar refractivity (Wildman–Crippen MR) is 71.0 cm³/mol. The van der Waals surface area contributed by atoms with Crippen molar-refractivity contribution >= 4 is 39.5 Å². The third kappa shape index (κ3) is 1.63. The number of hydrogen-bond acceptors (Lipinski definition) is 1. The molecule has 1 aromatic heterocycles. The van der Waals surface area contributed by atoms with Gasteiger partial charge in [-0.3, -0.25) is 4.99 Å². The number of nitrogens with one attached hydrogen (secondary N) is 1. The second-order valence-corrected chi connectivity index (χ2v) is 4.56. The van der Waals surface area contributed by atoms with E-state index in [2.05, 4.69) is 38.0 Å². The van der Waals surface area contributed by atoms with Crippen LogP contribution in [-0.4, -0.2) is 11.2 Å². The van der Waals surface area contributed by atoms with Gasteiger partial charge in [-0.15, -0.1) is 0 Å².